The van der Waals surface area contributed by atoms with Crippen LogP contribution in [0, 0.1) is 0 Å². The van der Waals surface area contributed by atoms with Crippen molar-refractivity contribution in [3.05, 3.63) is 54.6 Å². The first-order valence-corrected chi connectivity index (χ1v) is 14.0. The van der Waals surface area contributed by atoms with E-state index < -0.39 is 5.41 Å². The number of carbonyl (C=O) groups excluding carboxylic acids is 2. The quantitative estimate of drug-likeness (QED) is 0.346. The number of piperidine rings is 1. The first-order chi connectivity index (χ1) is 18.1. The fourth-order valence-electron chi connectivity index (χ4n) is 6.10. The van der Waals surface area contributed by atoms with E-state index in [0.717, 1.165) is 56.6 Å². The molecule has 1 spiro atoms. The van der Waals surface area contributed by atoms with Gasteiger partial charge in [0.1, 0.15) is 5.84 Å². The number of rotatable bonds is 5. The number of para-hydroxylation sites is 1. The Bertz CT molecular complexity index is 1030. The van der Waals surface area contributed by atoms with Gasteiger partial charge < -0.3 is 4.90 Å². The lowest BCUT2D eigenvalue weighted by molar-refractivity contribution is -0.135. The fourth-order valence-corrected chi connectivity index (χ4v) is 6.10. The van der Waals surface area contributed by atoms with Gasteiger partial charge in [0.15, 0.2) is 0 Å². The zero-order valence-corrected chi connectivity index (χ0v) is 22.9. The minimum Gasteiger partial charge on any atom is -0.339 e. The second kappa shape index (κ2) is 12.2. The van der Waals surface area contributed by atoms with Gasteiger partial charge in [0.05, 0.1) is 17.6 Å². The van der Waals surface area contributed by atoms with Crippen molar-refractivity contribution >= 4 is 23.3 Å². The Labute approximate surface area is 222 Å². The molecule has 3 heterocycles. The van der Waals surface area contributed by atoms with Crippen LogP contribution in [0.2, 0.25) is 0 Å². The van der Waals surface area contributed by atoms with Gasteiger partial charge >= 0.3 is 0 Å². The summed E-state index contributed by atoms with van der Waals surface area (Å²) >= 11 is 0. The van der Waals surface area contributed by atoms with E-state index in [9.17, 15) is 9.59 Å². The van der Waals surface area contributed by atoms with Crippen LogP contribution in [0.25, 0.3) is 0 Å². The van der Waals surface area contributed by atoms with Gasteiger partial charge in [-0.25, -0.2) is 0 Å². The van der Waals surface area contributed by atoms with Crippen molar-refractivity contribution in [1.29, 1.82) is 0 Å². The van der Waals surface area contributed by atoms with E-state index in [2.05, 4.69) is 27.4 Å². The molecule has 0 atom stereocenters. The maximum atomic E-state index is 13.9. The number of amides is 2. The second-order valence-corrected chi connectivity index (χ2v) is 10.2. The minimum atomic E-state index is -0.553. The van der Waals surface area contributed by atoms with Crippen molar-refractivity contribution in [2.45, 2.75) is 57.4 Å². The largest absolute Gasteiger partial charge is 0.339 e. The highest BCUT2D eigenvalue weighted by atomic mass is 16.2. The first-order valence-electron chi connectivity index (χ1n) is 14.0. The van der Waals surface area contributed by atoms with Crippen LogP contribution >= 0.6 is 0 Å². The summed E-state index contributed by atoms with van der Waals surface area (Å²) in [7, 11) is 1.71. The highest BCUT2D eigenvalue weighted by molar-refractivity contribution is 6.27. The molecule has 1 aromatic carbocycles. The number of carbonyl (C=O) groups is 2. The van der Waals surface area contributed by atoms with Gasteiger partial charge in [0, 0.05) is 52.4 Å². The molecule has 0 radical (unpaired) electrons. The summed E-state index contributed by atoms with van der Waals surface area (Å²) in [4.78, 5) is 39.9. The monoisotopic (exact) mass is 505 g/mol. The lowest BCUT2D eigenvalue weighted by atomic mass is 9.73. The summed E-state index contributed by atoms with van der Waals surface area (Å²) in [6.45, 7) is 13.3. The van der Waals surface area contributed by atoms with Gasteiger partial charge in [-0.15, -0.1) is 0 Å². The normalized spacial score (nSPS) is 22.6. The molecule has 200 valence electrons. The molecule has 1 aliphatic carbocycles. The molecule has 0 N–H and O–H groups in total. The van der Waals surface area contributed by atoms with Crippen LogP contribution in [0.1, 0.15) is 51.5 Å². The molecule has 3 aliphatic heterocycles. The van der Waals surface area contributed by atoms with Gasteiger partial charge in [0.25, 0.3) is 0 Å². The van der Waals surface area contributed by atoms with Crippen LogP contribution in [-0.4, -0.2) is 91.3 Å². The van der Waals surface area contributed by atoms with Crippen LogP contribution < -0.4 is 4.90 Å². The number of aliphatic imine (C=N–C) groups is 1. The average molecular weight is 506 g/mol. The summed E-state index contributed by atoms with van der Waals surface area (Å²) in [5.41, 5.74) is 1.44. The van der Waals surface area contributed by atoms with Gasteiger partial charge in [0.2, 0.25) is 11.8 Å². The average Bonchev–Trinajstić information content (AvgIpc) is 3.14. The predicted molar refractivity (Wildman–Crippen MR) is 151 cm³/mol. The number of piperazine rings is 1. The van der Waals surface area contributed by atoms with Crippen molar-refractivity contribution in [3.63, 3.8) is 0 Å². The molecule has 5 rings (SSSR count). The van der Waals surface area contributed by atoms with E-state index >= 15 is 0 Å². The highest BCUT2D eigenvalue weighted by Crippen LogP contribution is 2.48. The van der Waals surface area contributed by atoms with Crippen molar-refractivity contribution < 1.29 is 9.59 Å². The van der Waals surface area contributed by atoms with Crippen molar-refractivity contribution in [1.82, 2.24) is 14.7 Å². The molecule has 1 saturated carbocycles. The molecule has 2 saturated heterocycles. The Morgan fingerprint density at radius 2 is 1.76 bits per heavy atom. The maximum absolute atomic E-state index is 13.9. The number of fused-ring (bicyclic) bond motifs is 2. The number of amidine groups is 1. The Morgan fingerprint density at radius 3 is 2.35 bits per heavy atom. The van der Waals surface area contributed by atoms with Gasteiger partial charge in [-0.05, 0) is 43.4 Å². The van der Waals surface area contributed by atoms with E-state index in [0.29, 0.717) is 25.2 Å². The van der Waals surface area contributed by atoms with E-state index in [-0.39, 0.29) is 11.8 Å². The molecule has 0 bridgehead atoms. The zero-order valence-electron chi connectivity index (χ0n) is 22.9. The topological polar surface area (TPSA) is 59.5 Å². The third-order valence-electron chi connectivity index (χ3n) is 8.44. The Kier molecular flexibility index (Phi) is 8.98. The van der Waals surface area contributed by atoms with Crippen molar-refractivity contribution in [3.8, 4) is 0 Å². The molecule has 2 amide bonds. The number of likely N-dealkylation sites (tertiary alicyclic amines) is 1. The number of allylic oxidation sites excluding steroid dienone is 2. The van der Waals surface area contributed by atoms with Crippen molar-refractivity contribution in [2.24, 2.45) is 4.99 Å². The second-order valence-electron chi connectivity index (χ2n) is 10.2. The molecule has 7 heteroatoms. The summed E-state index contributed by atoms with van der Waals surface area (Å²) < 4.78 is 0. The molecule has 1 aromatic rings. The Hall–Kier alpha value is -2.77. The third-order valence-corrected chi connectivity index (χ3v) is 8.44. The van der Waals surface area contributed by atoms with Crippen molar-refractivity contribution in [2.75, 3.05) is 57.8 Å². The van der Waals surface area contributed by atoms with E-state index in [1.165, 1.54) is 19.3 Å². The van der Waals surface area contributed by atoms with Crippen LogP contribution in [0.4, 0.5) is 5.69 Å². The van der Waals surface area contributed by atoms with Gasteiger partial charge in [-0.1, -0.05) is 57.2 Å². The number of anilines is 1. The van der Waals surface area contributed by atoms with Crippen LogP contribution in [0.3, 0.4) is 0 Å². The molecule has 7 nitrogen and oxygen atoms in total. The number of nitrogens with zero attached hydrogens (tertiary/aromatic N) is 5. The number of benzene rings is 1. The summed E-state index contributed by atoms with van der Waals surface area (Å²) in [6.07, 6.45) is 10.7. The zero-order chi connectivity index (χ0) is 26.4. The SMILES string of the molecule is C=C/C=C\C(=NC)N1C(=O)C2(CCN(CC(=O)N3CCN(C4CCC4)CC3)CC2)c2ccccc21.CC. The molecular formula is C30H43N5O2. The first kappa shape index (κ1) is 27.3. The van der Waals surface area contributed by atoms with Crippen LogP contribution in [0.15, 0.2) is 54.1 Å². The Balaban J connectivity index is 0.00000156. The number of hydrogen-bond acceptors (Lipinski definition) is 5. The van der Waals surface area contributed by atoms with Crippen LogP contribution in [-0.2, 0) is 15.0 Å². The molecule has 0 aromatic heterocycles. The molecule has 3 fully saturated rings. The summed E-state index contributed by atoms with van der Waals surface area (Å²) in [5, 5.41) is 0. The lowest BCUT2D eigenvalue weighted by Crippen LogP contribution is -2.56. The number of hydrogen-bond donors (Lipinski definition) is 0. The predicted octanol–water partition coefficient (Wildman–Crippen LogP) is 3.86. The van der Waals surface area contributed by atoms with Gasteiger partial charge in [-0.2, -0.15) is 0 Å². The molecule has 4 aliphatic rings. The standard InChI is InChI=1S/C28H37N5O2.C2H6/c1-3-4-12-25(29-2)33-24-11-6-5-10-23(24)28(27(33)35)13-15-30(16-14-28)21-26(34)32-19-17-31(18-20-32)22-8-7-9-22;1-2/h3-6,10-12,22H,1,7-9,13-21H2,2H3;1-2H3/b12-4-,29-25?;. The lowest BCUT2D eigenvalue weighted by Gasteiger charge is -2.43. The minimum absolute atomic E-state index is 0.0890. The summed E-state index contributed by atoms with van der Waals surface area (Å²) in [6, 6.07) is 8.83. The summed E-state index contributed by atoms with van der Waals surface area (Å²) in [5.74, 6) is 0.938. The smallest absolute Gasteiger partial charge is 0.243 e. The van der Waals surface area contributed by atoms with Gasteiger partial charge in [-0.3, -0.25) is 29.3 Å². The third kappa shape index (κ3) is 5.30. The highest BCUT2D eigenvalue weighted by Gasteiger charge is 2.53. The van der Waals surface area contributed by atoms with E-state index in [4.69, 9.17) is 0 Å². The van der Waals surface area contributed by atoms with E-state index in [1.54, 1.807) is 18.0 Å². The maximum Gasteiger partial charge on any atom is 0.243 e. The van der Waals surface area contributed by atoms with Crippen LogP contribution in [0.5, 0.6) is 0 Å². The fraction of sp³-hybridized carbons (Fsp3) is 0.567. The Morgan fingerprint density at radius 1 is 1.08 bits per heavy atom. The van der Waals surface area contributed by atoms with E-state index in [1.807, 2.05) is 49.1 Å². The molecule has 37 heavy (non-hydrogen) atoms. The molecular weight excluding hydrogens is 462 g/mol. The molecule has 0 unspecified atom stereocenters.